The van der Waals surface area contributed by atoms with Crippen LogP contribution in [0.3, 0.4) is 0 Å². The Labute approximate surface area is 209 Å². The number of furan rings is 1. The van der Waals surface area contributed by atoms with Crippen LogP contribution >= 0.6 is 0 Å². The number of ketones is 1. The maximum atomic E-state index is 13.4. The Hall–Kier alpha value is -4.33. The van der Waals surface area contributed by atoms with Gasteiger partial charge in [0.1, 0.15) is 23.3 Å². The van der Waals surface area contributed by atoms with Crippen LogP contribution in [-0.2, 0) is 14.4 Å². The second kappa shape index (κ2) is 9.73. The third-order valence-electron chi connectivity index (χ3n) is 6.16. The lowest BCUT2D eigenvalue weighted by Gasteiger charge is -2.24. The van der Waals surface area contributed by atoms with Crippen LogP contribution in [0.25, 0.3) is 5.76 Å². The minimum atomic E-state index is -1.00. The Bertz CT molecular complexity index is 1370. The topological polar surface area (TPSA) is 109 Å². The van der Waals surface area contributed by atoms with E-state index in [0.29, 0.717) is 34.0 Å². The number of hydrogen-bond donors (Lipinski definition) is 2. The maximum absolute atomic E-state index is 13.4. The van der Waals surface area contributed by atoms with Gasteiger partial charge in [-0.05, 0) is 66.4 Å². The van der Waals surface area contributed by atoms with E-state index in [9.17, 15) is 19.5 Å². The molecule has 4 rings (SSSR count). The van der Waals surface area contributed by atoms with Gasteiger partial charge in [0.25, 0.3) is 11.7 Å². The molecule has 0 saturated carbocycles. The molecular formula is C28H28N2O6. The number of ether oxygens (including phenoxy) is 1. The molecule has 3 aromatic rings. The van der Waals surface area contributed by atoms with E-state index in [2.05, 4.69) is 5.32 Å². The molecule has 0 radical (unpaired) electrons. The van der Waals surface area contributed by atoms with Gasteiger partial charge in [-0.25, -0.2) is 0 Å². The van der Waals surface area contributed by atoms with E-state index in [1.165, 1.54) is 18.1 Å². The molecule has 0 spiro atoms. The monoisotopic (exact) mass is 488 g/mol. The van der Waals surface area contributed by atoms with E-state index < -0.39 is 17.7 Å². The number of hydrogen-bond acceptors (Lipinski definition) is 6. The number of amides is 2. The molecule has 2 amide bonds. The average Bonchev–Trinajstić information content (AvgIpc) is 3.45. The minimum absolute atomic E-state index is 0.0807. The fraction of sp³-hybridized carbons (Fsp3) is 0.250. The number of anilines is 2. The summed E-state index contributed by atoms with van der Waals surface area (Å²) < 4.78 is 11.1. The number of carbonyl (C=O) groups is 3. The number of nitrogens with zero attached hydrogens (tertiary/aromatic N) is 1. The zero-order valence-electron chi connectivity index (χ0n) is 20.8. The molecule has 2 heterocycles. The van der Waals surface area contributed by atoms with Crippen molar-refractivity contribution in [3.63, 3.8) is 0 Å². The van der Waals surface area contributed by atoms with Crippen molar-refractivity contribution in [2.75, 3.05) is 17.3 Å². The van der Waals surface area contributed by atoms with Crippen molar-refractivity contribution >= 4 is 34.7 Å². The van der Waals surface area contributed by atoms with E-state index in [-0.39, 0.29) is 23.2 Å². The second-order valence-corrected chi connectivity index (χ2v) is 8.98. The number of Topliss-reactive ketones (excluding diaryl/α,β-unsaturated/α-hetero) is 1. The second-order valence-electron chi connectivity index (χ2n) is 8.98. The van der Waals surface area contributed by atoms with Gasteiger partial charge in [0, 0.05) is 23.9 Å². The van der Waals surface area contributed by atoms with Crippen LogP contribution in [0, 0.1) is 6.92 Å². The quantitative estimate of drug-likeness (QED) is 0.277. The number of aryl methyl sites for hydroxylation is 1. The van der Waals surface area contributed by atoms with Gasteiger partial charge in [-0.2, -0.15) is 0 Å². The fourth-order valence-electron chi connectivity index (χ4n) is 4.48. The van der Waals surface area contributed by atoms with E-state index in [0.717, 1.165) is 5.56 Å². The summed E-state index contributed by atoms with van der Waals surface area (Å²) in [4.78, 5) is 39.5. The molecule has 1 atom stereocenters. The summed E-state index contributed by atoms with van der Waals surface area (Å²) in [6.45, 7) is 7.18. The van der Waals surface area contributed by atoms with Crippen molar-refractivity contribution in [2.45, 2.75) is 39.7 Å². The summed E-state index contributed by atoms with van der Waals surface area (Å²) in [5.41, 5.74) is 2.73. The molecule has 1 saturated heterocycles. The van der Waals surface area contributed by atoms with E-state index in [4.69, 9.17) is 9.15 Å². The lowest BCUT2D eigenvalue weighted by Crippen LogP contribution is -2.29. The molecule has 1 aliphatic heterocycles. The van der Waals surface area contributed by atoms with E-state index >= 15 is 0 Å². The highest BCUT2D eigenvalue weighted by molar-refractivity contribution is 6.51. The van der Waals surface area contributed by atoms with Crippen molar-refractivity contribution in [3.8, 4) is 5.75 Å². The van der Waals surface area contributed by atoms with Crippen LogP contribution in [0.4, 0.5) is 11.4 Å². The lowest BCUT2D eigenvalue weighted by molar-refractivity contribution is -0.132. The molecule has 1 unspecified atom stereocenters. The number of rotatable bonds is 6. The number of benzene rings is 2. The Morgan fingerprint density at radius 3 is 2.50 bits per heavy atom. The third-order valence-corrected chi connectivity index (χ3v) is 6.16. The van der Waals surface area contributed by atoms with Crippen LogP contribution < -0.4 is 15.0 Å². The first-order valence-corrected chi connectivity index (χ1v) is 11.5. The predicted octanol–water partition coefficient (Wildman–Crippen LogP) is 5.30. The van der Waals surface area contributed by atoms with Crippen molar-refractivity contribution in [2.24, 2.45) is 0 Å². The highest BCUT2D eigenvalue weighted by Crippen LogP contribution is 2.44. The SMILES string of the molecule is COc1cc(C)c(/C(O)=C2\C(=O)C(=O)N(c3cccc(NC(C)=O)c3)C2c2ccco2)cc1C(C)C. The fourth-order valence-corrected chi connectivity index (χ4v) is 4.48. The Balaban J connectivity index is 1.93. The smallest absolute Gasteiger partial charge is 0.300 e. The molecule has 2 aromatic carbocycles. The normalized spacial score (nSPS) is 17.1. The van der Waals surface area contributed by atoms with Crippen molar-refractivity contribution in [1.29, 1.82) is 0 Å². The van der Waals surface area contributed by atoms with Gasteiger partial charge >= 0.3 is 0 Å². The van der Waals surface area contributed by atoms with Gasteiger partial charge in [-0.3, -0.25) is 19.3 Å². The first-order valence-electron chi connectivity index (χ1n) is 11.5. The summed E-state index contributed by atoms with van der Waals surface area (Å²) in [5, 5.41) is 14.2. The first kappa shape index (κ1) is 24.8. The van der Waals surface area contributed by atoms with Gasteiger partial charge in [0.05, 0.1) is 18.9 Å². The molecule has 36 heavy (non-hydrogen) atoms. The van der Waals surface area contributed by atoms with E-state index in [1.54, 1.807) is 62.6 Å². The summed E-state index contributed by atoms with van der Waals surface area (Å²) >= 11 is 0. The molecule has 2 N–H and O–H groups in total. The number of carbonyl (C=O) groups excluding carboxylic acids is 3. The Morgan fingerprint density at radius 2 is 1.89 bits per heavy atom. The summed E-state index contributed by atoms with van der Waals surface area (Å²) in [6.07, 6.45) is 1.44. The third kappa shape index (κ3) is 4.37. The number of nitrogens with one attached hydrogen (secondary N) is 1. The van der Waals surface area contributed by atoms with Crippen molar-refractivity contribution in [1.82, 2.24) is 0 Å². The molecular weight excluding hydrogens is 460 g/mol. The van der Waals surface area contributed by atoms with Crippen LogP contribution in [0.2, 0.25) is 0 Å². The molecule has 8 nitrogen and oxygen atoms in total. The minimum Gasteiger partial charge on any atom is -0.507 e. The van der Waals surface area contributed by atoms with Gasteiger partial charge in [0.2, 0.25) is 5.91 Å². The standard InChI is InChI=1S/C28H28N2O6/c1-15(2)20-14-21(16(3)12-23(20)35-5)26(32)24-25(22-10-7-11-36-22)30(28(34)27(24)33)19-9-6-8-18(13-19)29-17(4)31/h6-15,25,32H,1-5H3,(H,29,31)/b26-24+. The highest BCUT2D eigenvalue weighted by atomic mass is 16.5. The zero-order chi connectivity index (χ0) is 26.1. The average molecular weight is 489 g/mol. The van der Waals surface area contributed by atoms with Gasteiger partial charge in [-0.15, -0.1) is 0 Å². The Kier molecular flexibility index (Phi) is 6.70. The molecule has 1 aliphatic rings. The van der Waals surface area contributed by atoms with Crippen LogP contribution in [-0.4, -0.2) is 29.8 Å². The first-order chi connectivity index (χ1) is 17.1. The van der Waals surface area contributed by atoms with Crippen LogP contribution in [0.15, 0.2) is 64.8 Å². The highest BCUT2D eigenvalue weighted by Gasteiger charge is 2.48. The number of aliphatic hydroxyl groups excluding tert-OH is 1. The predicted molar refractivity (Wildman–Crippen MR) is 136 cm³/mol. The zero-order valence-corrected chi connectivity index (χ0v) is 20.8. The largest absolute Gasteiger partial charge is 0.507 e. The Morgan fingerprint density at radius 1 is 1.14 bits per heavy atom. The van der Waals surface area contributed by atoms with E-state index in [1.807, 2.05) is 13.8 Å². The van der Waals surface area contributed by atoms with Gasteiger partial charge in [-0.1, -0.05) is 19.9 Å². The number of methoxy groups -OCH3 is 1. The molecule has 1 fully saturated rings. The number of aliphatic hydroxyl groups is 1. The molecule has 0 bridgehead atoms. The van der Waals surface area contributed by atoms with Crippen LogP contribution in [0.1, 0.15) is 55.2 Å². The van der Waals surface area contributed by atoms with Crippen molar-refractivity contribution < 1.29 is 28.6 Å². The van der Waals surface area contributed by atoms with Crippen LogP contribution in [0.5, 0.6) is 5.75 Å². The molecule has 186 valence electrons. The molecule has 0 aliphatic carbocycles. The van der Waals surface area contributed by atoms with Crippen molar-refractivity contribution in [3.05, 3.63) is 82.8 Å². The summed E-state index contributed by atoms with van der Waals surface area (Å²) in [5.74, 6) is -1.13. The van der Waals surface area contributed by atoms with Gasteiger partial charge in [0.15, 0.2) is 0 Å². The molecule has 8 heteroatoms. The summed E-state index contributed by atoms with van der Waals surface area (Å²) in [6, 6.07) is 12.5. The molecule has 1 aromatic heterocycles. The summed E-state index contributed by atoms with van der Waals surface area (Å²) in [7, 11) is 1.58. The van der Waals surface area contributed by atoms with Gasteiger partial charge < -0.3 is 19.6 Å². The lowest BCUT2D eigenvalue weighted by atomic mass is 9.92. The maximum Gasteiger partial charge on any atom is 0.300 e.